The van der Waals surface area contributed by atoms with E-state index in [1.54, 1.807) is 6.07 Å². The van der Waals surface area contributed by atoms with Crippen molar-refractivity contribution in [1.82, 2.24) is 4.98 Å². The second kappa shape index (κ2) is 2.79. The molecule has 0 aliphatic heterocycles. The molecule has 2 aliphatic carbocycles. The van der Waals surface area contributed by atoms with Crippen LogP contribution in [-0.4, -0.2) is 4.98 Å². The highest BCUT2D eigenvalue weighted by Gasteiger charge is 2.54. The van der Waals surface area contributed by atoms with Crippen molar-refractivity contribution in [1.29, 1.82) is 5.26 Å². The summed E-state index contributed by atoms with van der Waals surface area (Å²) in [4.78, 5) is 3.53. The van der Waals surface area contributed by atoms with Crippen molar-refractivity contribution in [3.05, 3.63) is 29.8 Å². The Morgan fingerprint density at radius 3 is 2.80 bits per heavy atom. The van der Waals surface area contributed by atoms with Crippen LogP contribution in [0.2, 0.25) is 0 Å². The molecule has 2 fully saturated rings. The monoisotopic (exact) mass is 202 g/mol. The van der Waals surface area contributed by atoms with Gasteiger partial charge >= 0.3 is 0 Å². The van der Waals surface area contributed by atoms with Crippen LogP contribution < -0.4 is 0 Å². The zero-order valence-corrected chi connectivity index (χ0v) is 8.28. The Hall–Kier alpha value is -1.43. The number of hydrogen-bond acceptors (Lipinski definition) is 2. The minimum absolute atomic E-state index is 0.433. The van der Waals surface area contributed by atoms with Crippen LogP contribution >= 0.6 is 0 Å². The molecule has 2 unspecified atom stereocenters. The third kappa shape index (κ3) is 1.25. The molecule has 1 aromatic heterocycles. The normalized spacial score (nSPS) is 37.1. The summed E-state index contributed by atoms with van der Waals surface area (Å²) in [6.07, 6.45) is 4.51. The van der Waals surface area contributed by atoms with E-state index >= 15 is 0 Å². The van der Waals surface area contributed by atoms with Crippen molar-refractivity contribution in [3.63, 3.8) is 0 Å². The molecule has 1 heterocycles. The summed E-state index contributed by atoms with van der Waals surface area (Å²) >= 11 is 0. The van der Waals surface area contributed by atoms with E-state index in [1.807, 2.05) is 0 Å². The first-order valence-corrected chi connectivity index (χ1v) is 5.27. The highest BCUT2D eigenvalue weighted by molar-refractivity contribution is 5.35. The maximum atomic E-state index is 13.0. The molecule has 3 heteroatoms. The third-order valence-corrected chi connectivity index (χ3v) is 3.78. The molecule has 2 nitrogen and oxygen atoms in total. The van der Waals surface area contributed by atoms with E-state index < -0.39 is 11.4 Å². The number of halogens is 1. The topological polar surface area (TPSA) is 36.7 Å². The lowest BCUT2D eigenvalue weighted by atomic mass is 9.78. The maximum absolute atomic E-state index is 13.0. The van der Waals surface area contributed by atoms with Gasteiger partial charge in [0.1, 0.15) is 0 Å². The lowest BCUT2D eigenvalue weighted by Crippen LogP contribution is -2.22. The first-order valence-electron chi connectivity index (χ1n) is 5.27. The summed E-state index contributed by atoms with van der Waals surface area (Å²) in [5, 5.41) is 9.31. The van der Waals surface area contributed by atoms with Gasteiger partial charge in [0.05, 0.1) is 11.5 Å². The Bertz CT molecular complexity index is 439. The molecule has 0 saturated heterocycles. The standard InChI is InChI=1S/C12H11FN2/c13-11-4-10(1-2-15-11)12(7-14)5-8-3-9(8)6-12/h1-2,4,8-9H,3,5-6H2. The van der Waals surface area contributed by atoms with Gasteiger partial charge in [0.15, 0.2) is 0 Å². The molecular weight excluding hydrogens is 191 g/mol. The van der Waals surface area contributed by atoms with Gasteiger partial charge in [-0.05, 0) is 48.8 Å². The Kier molecular flexibility index (Phi) is 1.64. The van der Waals surface area contributed by atoms with Crippen LogP contribution in [0.3, 0.4) is 0 Å². The molecular formula is C12H11FN2. The van der Waals surface area contributed by atoms with Crippen molar-refractivity contribution < 1.29 is 4.39 Å². The highest BCUT2D eigenvalue weighted by Crippen LogP contribution is 2.60. The Morgan fingerprint density at radius 2 is 2.20 bits per heavy atom. The van der Waals surface area contributed by atoms with Gasteiger partial charge in [-0.3, -0.25) is 0 Å². The number of fused-ring (bicyclic) bond motifs is 1. The Balaban J connectivity index is 2.01. The van der Waals surface area contributed by atoms with Crippen molar-refractivity contribution in [2.75, 3.05) is 0 Å². The number of nitrogens with zero attached hydrogens (tertiary/aromatic N) is 2. The van der Waals surface area contributed by atoms with Gasteiger partial charge in [0, 0.05) is 6.20 Å². The molecule has 1 aromatic rings. The van der Waals surface area contributed by atoms with Crippen LogP contribution in [0.25, 0.3) is 0 Å². The summed E-state index contributed by atoms with van der Waals surface area (Å²) in [5.41, 5.74) is 0.377. The summed E-state index contributed by atoms with van der Waals surface area (Å²) < 4.78 is 13.0. The molecule has 2 aliphatic rings. The minimum atomic E-state index is -0.484. The number of hydrogen-bond donors (Lipinski definition) is 0. The van der Waals surface area contributed by atoms with E-state index in [1.165, 1.54) is 18.7 Å². The van der Waals surface area contributed by atoms with E-state index in [0.29, 0.717) is 11.8 Å². The summed E-state index contributed by atoms with van der Waals surface area (Å²) in [7, 11) is 0. The molecule has 0 N–H and O–H groups in total. The number of aromatic nitrogens is 1. The zero-order chi connectivity index (χ0) is 10.5. The molecule has 2 atom stereocenters. The van der Waals surface area contributed by atoms with Crippen LogP contribution in [0.1, 0.15) is 24.8 Å². The van der Waals surface area contributed by atoms with Crippen molar-refractivity contribution >= 4 is 0 Å². The minimum Gasteiger partial charge on any atom is -0.228 e. The number of pyridine rings is 1. The molecule has 0 spiro atoms. The van der Waals surface area contributed by atoms with Gasteiger partial charge in [0.2, 0.25) is 5.95 Å². The first kappa shape index (κ1) is 8.84. The quantitative estimate of drug-likeness (QED) is 0.656. The first-order chi connectivity index (χ1) is 7.23. The van der Waals surface area contributed by atoms with E-state index in [0.717, 1.165) is 18.4 Å². The van der Waals surface area contributed by atoms with Gasteiger partial charge in [-0.2, -0.15) is 9.65 Å². The SMILES string of the molecule is N#CC1(c2ccnc(F)c2)CC2CC2C1. The number of nitriles is 1. The smallest absolute Gasteiger partial charge is 0.213 e. The molecule has 0 radical (unpaired) electrons. The van der Waals surface area contributed by atoms with Gasteiger partial charge in [-0.15, -0.1) is 0 Å². The van der Waals surface area contributed by atoms with E-state index in [9.17, 15) is 9.65 Å². The lowest BCUT2D eigenvalue weighted by molar-refractivity contribution is 0.495. The third-order valence-electron chi connectivity index (χ3n) is 3.78. The second-order valence-corrected chi connectivity index (χ2v) is 4.73. The van der Waals surface area contributed by atoms with Crippen molar-refractivity contribution in [2.24, 2.45) is 11.8 Å². The Morgan fingerprint density at radius 1 is 1.47 bits per heavy atom. The summed E-state index contributed by atoms with van der Waals surface area (Å²) in [6, 6.07) is 5.57. The van der Waals surface area contributed by atoms with Crippen LogP contribution in [-0.2, 0) is 5.41 Å². The maximum Gasteiger partial charge on any atom is 0.213 e. The van der Waals surface area contributed by atoms with Gasteiger partial charge in [-0.1, -0.05) is 0 Å². The average molecular weight is 202 g/mol. The van der Waals surface area contributed by atoms with E-state index in [2.05, 4.69) is 11.1 Å². The predicted molar refractivity (Wildman–Crippen MR) is 52.3 cm³/mol. The Labute approximate surface area is 87.8 Å². The predicted octanol–water partition coefficient (Wildman–Crippen LogP) is 2.41. The zero-order valence-electron chi connectivity index (χ0n) is 8.28. The van der Waals surface area contributed by atoms with Gasteiger partial charge in [0.25, 0.3) is 0 Å². The van der Waals surface area contributed by atoms with Crippen molar-refractivity contribution in [2.45, 2.75) is 24.7 Å². The molecule has 0 aromatic carbocycles. The fourth-order valence-corrected chi connectivity index (χ4v) is 2.88. The summed E-state index contributed by atoms with van der Waals surface area (Å²) in [6.45, 7) is 0. The molecule has 3 rings (SSSR count). The van der Waals surface area contributed by atoms with Crippen LogP contribution in [0.15, 0.2) is 18.3 Å². The van der Waals surface area contributed by atoms with Crippen LogP contribution in [0.5, 0.6) is 0 Å². The summed E-state index contributed by atoms with van der Waals surface area (Å²) in [5.74, 6) is 0.935. The lowest BCUT2D eigenvalue weighted by Gasteiger charge is -2.22. The van der Waals surface area contributed by atoms with Gasteiger partial charge < -0.3 is 0 Å². The molecule has 2 saturated carbocycles. The largest absolute Gasteiger partial charge is 0.228 e. The molecule has 15 heavy (non-hydrogen) atoms. The molecule has 0 bridgehead atoms. The average Bonchev–Trinajstić information content (AvgIpc) is 2.86. The fraction of sp³-hybridized carbons (Fsp3) is 0.500. The van der Waals surface area contributed by atoms with Crippen molar-refractivity contribution in [3.8, 4) is 6.07 Å². The molecule has 0 amide bonds. The second-order valence-electron chi connectivity index (χ2n) is 4.73. The van der Waals surface area contributed by atoms with E-state index in [4.69, 9.17) is 0 Å². The highest BCUT2D eigenvalue weighted by atomic mass is 19.1. The molecule has 76 valence electrons. The number of rotatable bonds is 1. The fourth-order valence-electron chi connectivity index (χ4n) is 2.88. The van der Waals surface area contributed by atoms with Crippen LogP contribution in [0.4, 0.5) is 4.39 Å². The van der Waals surface area contributed by atoms with Gasteiger partial charge in [-0.25, -0.2) is 4.98 Å². The van der Waals surface area contributed by atoms with Crippen LogP contribution in [0, 0.1) is 29.1 Å². The van der Waals surface area contributed by atoms with E-state index in [-0.39, 0.29) is 0 Å².